The standard InChI is InChI=1S/C14H12N4O3/c15-7-10-3-1-2-4-12(10)18-9-11(8-16)14(21)17-6-5-13(19)20/h1-4,9,18H,5-6H2,(H,17,21)(H,19,20)/b11-9-. The van der Waals surface area contributed by atoms with Crippen LogP contribution < -0.4 is 10.6 Å². The quantitative estimate of drug-likeness (QED) is 0.527. The van der Waals surface area contributed by atoms with Gasteiger partial charge in [0.05, 0.1) is 17.7 Å². The van der Waals surface area contributed by atoms with Crippen molar-refractivity contribution in [3.63, 3.8) is 0 Å². The molecule has 0 aromatic heterocycles. The number of amides is 1. The molecule has 21 heavy (non-hydrogen) atoms. The van der Waals surface area contributed by atoms with E-state index >= 15 is 0 Å². The van der Waals surface area contributed by atoms with Crippen molar-refractivity contribution in [1.29, 1.82) is 10.5 Å². The van der Waals surface area contributed by atoms with Crippen molar-refractivity contribution in [3.05, 3.63) is 41.6 Å². The van der Waals surface area contributed by atoms with E-state index in [0.717, 1.165) is 0 Å². The molecule has 0 radical (unpaired) electrons. The van der Waals surface area contributed by atoms with Crippen LogP contribution in [0.3, 0.4) is 0 Å². The number of aliphatic carboxylic acids is 1. The number of rotatable bonds is 6. The Morgan fingerprint density at radius 1 is 1.29 bits per heavy atom. The Bertz CT molecular complexity index is 653. The van der Waals surface area contributed by atoms with Crippen molar-refractivity contribution < 1.29 is 14.7 Å². The van der Waals surface area contributed by atoms with Gasteiger partial charge in [0.25, 0.3) is 5.91 Å². The van der Waals surface area contributed by atoms with E-state index in [9.17, 15) is 9.59 Å². The van der Waals surface area contributed by atoms with E-state index in [-0.39, 0.29) is 18.5 Å². The number of nitriles is 2. The normalized spacial score (nSPS) is 10.1. The van der Waals surface area contributed by atoms with Crippen LogP contribution in [0.5, 0.6) is 0 Å². The van der Waals surface area contributed by atoms with Crippen LogP contribution in [0.15, 0.2) is 36.0 Å². The van der Waals surface area contributed by atoms with Crippen LogP contribution in [-0.4, -0.2) is 23.5 Å². The zero-order chi connectivity index (χ0) is 15.7. The summed E-state index contributed by atoms with van der Waals surface area (Å²) in [6, 6.07) is 10.3. The molecule has 0 unspecified atom stereocenters. The molecule has 0 fully saturated rings. The minimum absolute atomic E-state index is 0.0675. The van der Waals surface area contributed by atoms with Gasteiger partial charge in [-0.2, -0.15) is 10.5 Å². The van der Waals surface area contributed by atoms with Gasteiger partial charge in [0.2, 0.25) is 0 Å². The van der Waals surface area contributed by atoms with E-state index < -0.39 is 11.9 Å². The third-order valence-corrected chi connectivity index (χ3v) is 2.41. The predicted octanol–water partition coefficient (Wildman–Crippen LogP) is 0.969. The number of nitrogens with one attached hydrogen (secondary N) is 2. The van der Waals surface area contributed by atoms with Crippen molar-refractivity contribution in [2.45, 2.75) is 6.42 Å². The van der Waals surface area contributed by atoms with Crippen LogP contribution >= 0.6 is 0 Å². The summed E-state index contributed by atoms with van der Waals surface area (Å²) in [5, 5.41) is 31.3. The summed E-state index contributed by atoms with van der Waals surface area (Å²) in [7, 11) is 0. The van der Waals surface area contributed by atoms with Gasteiger partial charge in [-0.25, -0.2) is 0 Å². The molecule has 0 saturated carbocycles. The Balaban J connectivity index is 2.72. The number of carbonyl (C=O) groups excluding carboxylic acids is 1. The Morgan fingerprint density at radius 3 is 2.62 bits per heavy atom. The summed E-state index contributed by atoms with van der Waals surface area (Å²) in [5.74, 6) is -1.72. The average molecular weight is 284 g/mol. The van der Waals surface area contributed by atoms with E-state index in [1.807, 2.05) is 6.07 Å². The molecule has 0 aliphatic rings. The zero-order valence-corrected chi connectivity index (χ0v) is 11.0. The second kappa shape index (κ2) is 7.97. The summed E-state index contributed by atoms with van der Waals surface area (Å²) in [5.41, 5.74) is 0.622. The molecular weight excluding hydrogens is 272 g/mol. The average Bonchev–Trinajstić information content (AvgIpc) is 2.48. The molecule has 3 N–H and O–H groups in total. The highest BCUT2D eigenvalue weighted by molar-refractivity contribution is 5.97. The Morgan fingerprint density at radius 2 is 2.00 bits per heavy atom. The fraction of sp³-hybridized carbons (Fsp3) is 0.143. The van der Waals surface area contributed by atoms with Gasteiger partial charge in [-0.05, 0) is 12.1 Å². The Labute approximate surface area is 121 Å². The molecule has 7 nitrogen and oxygen atoms in total. The van der Waals surface area contributed by atoms with Gasteiger partial charge in [-0.3, -0.25) is 9.59 Å². The maximum Gasteiger partial charge on any atom is 0.305 e. The fourth-order valence-corrected chi connectivity index (χ4v) is 1.38. The molecule has 7 heteroatoms. The van der Waals surface area contributed by atoms with Crippen LogP contribution in [0, 0.1) is 22.7 Å². The van der Waals surface area contributed by atoms with Crippen molar-refractivity contribution in [3.8, 4) is 12.1 Å². The maximum absolute atomic E-state index is 11.6. The van der Waals surface area contributed by atoms with Crippen molar-refractivity contribution in [2.75, 3.05) is 11.9 Å². The van der Waals surface area contributed by atoms with E-state index in [4.69, 9.17) is 15.6 Å². The molecule has 0 bridgehead atoms. The number of hydrogen-bond donors (Lipinski definition) is 3. The van der Waals surface area contributed by atoms with Crippen LogP contribution in [0.2, 0.25) is 0 Å². The van der Waals surface area contributed by atoms with Gasteiger partial charge in [0.1, 0.15) is 17.7 Å². The van der Waals surface area contributed by atoms with Crippen LogP contribution in [0.25, 0.3) is 0 Å². The molecule has 0 aliphatic carbocycles. The topological polar surface area (TPSA) is 126 Å². The fourth-order valence-electron chi connectivity index (χ4n) is 1.38. The molecular formula is C14H12N4O3. The summed E-state index contributed by atoms with van der Waals surface area (Å²) < 4.78 is 0. The van der Waals surface area contributed by atoms with Crippen molar-refractivity contribution in [1.82, 2.24) is 5.32 Å². The molecule has 0 aliphatic heterocycles. The van der Waals surface area contributed by atoms with Crippen LogP contribution in [-0.2, 0) is 9.59 Å². The lowest BCUT2D eigenvalue weighted by Crippen LogP contribution is -2.27. The highest BCUT2D eigenvalue weighted by Gasteiger charge is 2.09. The molecule has 1 aromatic carbocycles. The number of carboxylic acids is 1. The third-order valence-electron chi connectivity index (χ3n) is 2.41. The van der Waals surface area contributed by atoms with Crippen molar-refractivity contribution >= 4 is 17.6 Å². The minimum Gasteiger partial charge on any atom is -0.481 e. The second-order valence-corrected chi connectivity index (χ2v) is 3.87. The maximum atomic E-state index is 11.6. The number of carbonyl (C=O) groups is 2. The molecule has 0 spiro atoms. The molecule has 0 atom stereocenters. The number of hydrogen-bond acceptors (Lipinski definition) is 5. The second-order valence-electron chi connectivity index (χ2n) is 3.87. The Kier molecular flexibility index (Phi) is 5.97. The number of benzene rings is 1. The molecule has 1 rings (SSSR count). The van der Waals surface area contributed by atoms with E-state index in [2.05, 4.69) is 10.6 Å². The molecule has 1 amide bonds. The van der Waals surface area contributed by atoms with Crippen LogP contribution in [0.1, 0.15) is 12.0 Å². The van der Waals surface area contributed by atoms with E-state index in [1.165, 1.54) is 6.20 Å². The predicted molar refractivity (Wildman–Crippen MR) is 73.7 cm³/mol. The SMILES string of the molecule is N#C/C(=C/Nc1ccccc1C#N)C(=O)NCCC(=O)O. The largest absolute Gasteiger partial charge is 0.481 e. The molecule has 0 heterocycles. The highest BCUT2D eigenvalue weighted by Crippen LogP contribution is 2.13. The lowest BCUT2D eigenvalue weighted by Gasteiger charge is -2.05. The van der Waals surface area contributed by atoms with Gasteiger partial charge in [0.15, 0.2) is 0 Å². The number of carboxylic acid groups (broad SMARTS) is 1. The zero-order valence-electron chi connectivity index (χ0n) is 11.0. The number of anilines is 1. The first kappa shape index (κ1) is 15.7. The smallest absolute Gasteiger partial charge is 0.305 e. The Hall–Kier alpha value is -3.32. The molecule has 106 valence electrons. The van der Waals surface area contributed by atoms with Gasteiger partial charge in [0, 0.05) is 12.7 Å². The summed E-state index contributed by atoms with van der Waals surface area (Å²) in [4.78, 5) is 22.0. The first-order valence-electron chi connectivity index (χ1n) is 5.94. The van der Waals surface area contributed by atoms with Gasteiger partial charge in [-0.15, -0.1) is 0 Å². The van der Waals surface area contributed by atoms with E-state index in [0.29, 0.717) is 11.3 Å². The monoisotopic (exact) mass is 284 g/mol. The molecule has 1 aromatic rings. The summed E-state index contributed by atoms with van der Waals surface area (Å²) >= 11 is 0. The first-order valence-corrected chi connectivity index (χ1v) is 5.94. The van der Waals surface area contributed by atoms with Crippen molar-refractivity contribution in [2.24, 2.45) is 0 Å². The minimum atomic E-state index is -1.04. The van der Waals surface area contributed by atoms with Crippen LogP contribution in [0.4, 0.5) is 5.69 Å². The number of para-hydroxylation sites is 1. The van der Waals surface area contributed by atoms with Gasteiger partial charge < -0.3 is 15.7 Å². The highest BCUT2D eigenvalue weighted by atomic mass is 16.4. The molecule has 0 saturated heterocycles. The van der Waals surface area contributed by atoms with E-state index in [1.54, 1.807) is 30.3 Å². The lowest BCUT2D eigenvalue weighted by molar-refractivity contribution is -0.136. The number of nitrogens with zero attached hydrogens (tertiary/aromatic N) is 2. The van der Waals surface area contributed by atoms with Gasteiger partial charge >= 0.3 is 5.97 Å². The summed E-state index contributed by atoms with van der Waals surface area (Å²) in [6.07, 6.45) is 0.946. The lowest BCUT2D eigenvalue weighted by atomic mass is 10.2. The third kappa shape index (κ3) is 5.05. The first-order chi connectivity index (χ1) is 10.1. The summed E-state index contributed by atoms with van der Waals surface area (Å²) in [6.45, 7) is -0.0675. The van der Waals surface area contributed by atoms with Gasteiger partial charge in [-0.1, -0.05) is 12.1 Å².